The van der Waals surface area contributed by atoms with Crippen LogP contribution in [0.3, 0.4) is 0 Å². The monoisotopic (exact) mass is 225 g/mol. The van der Waals surface area contributed by atoms with Crippen LogP contribution in [0.4, 0.5) is 17.2 Å². The van der Waals surface area contributed by atoms with Gasteiger partial charge in [0.15, 0.2) is 0 Å². The van der Waals surface area contributed by atoms with Gasteiger partial charge in [-0.15, -0.1) is 0 Å². The smallest absolute Gasteiger partial charge is 0.147 e. The third-order valence-corrected chi connectivity index (χ3v) is 3.22. The van der Waals surface area contributed by atoms with Crippen LogP contribution in [0.1, 0.15) is 12.0 Å². The molecule has 0 aliphatic carbocycles. The van der Waals surface area contributed by atoms with Crippen molar-refractivity contribution in [3.8, 4) is 0 Å². The Morgan fingerprint density at radius 3 is 2.76 bits per heavy atom. The highest BCUT2D eigenvalue weighted by Crippen LogP contribution is 2.35. The summed E-state index contributed by atoms with van der Waals surface area (Å²) >= 11 is 0. The maximum Gasteiger partial charge on any atom is 0.147 e. The van der Waals surface area contributed by atoms with Crippen LogP contribution in [0.2, 0.25) is 0 Å². The Morgan fingerprint density at radius 2 is 1.88 bits per heavy atom. The molecule has 0 amide bonds. The molecule has 1 aliphatic rings. The first-order valence-electron chi connectivity index (χ1n) is 5.92. The molecule has 1 aromatic heterocycles. The van der Waals surface area contributed by atoms with Gasteiger partial charge in [0, 0.05) is 18.4 Å². The number of nitrogens with two attached hydrogens (primary N) is 1. The molecule has 0 atom stereocenters. The first-order valence-corrected chi connectivity index (χ1v) is 5.92. The maximum absolute atomic E-state index is 5.96. The predicted molar refractivity (Wildman–Crippen MR) is 70.4 cm³/mol. The summed E-state index contributed by atoms with van der Waals surface area (Å²) in [5.41, 5.74) is 9.62. The van der Waals surface area contributed by atoms with Crippen LogP contribution in [0.15, 0.2) is 42.6 Å². The quantitative estimate of drug-likeness (QED) is 0.811. The van der Waals surface area contributed by atoms with E-state index in [0.29, 0.717) is 5.82 Å². The minimum absolute atomic E-state index is 0.601. The highest BCUT2D eigenvalue weighted by molar-refractivity contribution is 5.74. The molecular formula is C14H15N3. The molecule has 2 N–H and O–H groups in total. The number of rotatable bonds is 1. The minimum atomic E-state index is 0.601. The van der Waals surface area contributed by atoms with E-state index < -0.39 is 0 Å². The Labute approximate surface area is 101 Å². The maximum atomic E-state index is 5.96. The number of nitrogen functional groups attached to an aromatic ring is 1. The van der Waals surface area contributed by atoms with Crippen molar-refractivity contribution in [3.05, 3.63) is 48.2 Å². The van der Waals surface area contributed by atoms with Crippen molar-refractivity contribution in [1.29, 1.82) is 0 Å². The fraction of sp³-hybridized carbons (Fsp3) is 0.214. The van der Waals surface area contributed by atoms with Crippen molar-refractivity contribution in [1.82, 2.24) is 4.98 Å². The first-order chi connectivity index (χ1) is 8.36. The lowest BCUT2D eigenvalue weighted by Crippen LogP contribution is -2.25. The van der Waals surface area contributed by atoms with Crippen LogP contribution < -0.4 is 10.6 Å². The predicted octanol–water partition coefficient (Wildman–Crippen LogP) is 2.75. The van der Waals surface area contributed by atoms with E-state index in [1.165, 1.54) is 11.3 Å². The summed E-state index contributed by atoms with van der Waals surface area (Å²) in [4.78, 5) is 6.43. The summed E-state index contributed by atoms with van der Waals surface area (Å²) in [6, 6.07) is 12.5. The van der Waals surface area contributed by atoms with E-state index >= 15 is 0 Å². The highest BCUT2D eigenvalue weighted by atomic mass is 15.2. The van der Waals surface area contributed by atoms with Crippen LogP contribution in [0, 0.1) is 0 Å². The molecule has 3 heteroatoms. The van der Waals surface area contributed by atoms with E-state index in [4.69, 9.17) is 5.73 Å². The van der Waals surface area contributed by atoms with Gasteiger partial charge in [-0.05, 0) is 36.6 Å². The van der Waals surface area contributed by atoms with Gasteiger partial charge in [-0.3, -0.25) is 0 Å². The molecule has 0 saturated heterocycles. The molecule has 0 spiro atoms. The van der Waals surface area contributed by atoms with Crippen LogP contribution >= 0.6 is 0 Å². The highest BCUT2D eigenvalue weighted by Gasteiger charge is 2.19. The lowest BCUT2D eigenvalue weighted by atomic mass is 10.0. The summed E-state index contributed by atoms with van der Waals surface area (Å²) in [6.45, 7) is 1.01. The number of hydrogen-bond acceptors (Lipinski definition) is 3. The number of nitrogens with zero attached hydrogens (tertiary/aromatic N) is 2. The zero-order valence-electron chi connectivity index (χ0n) is 9.63. The van der Waals surface area contributed by atoms with Crippen molar-refractivity contribution >= 4 is 17.2 Å². The number of hydrogen-bond donors (Lipinski definition) is 1. The lowest BCUT2D eigenvalue weighted by molar-refractivity contribution is 0.766. The number of fused-ring (bicyclic) bond motifs is 1. The van der Waals surface area contributed by atoms with Crippen LogP contribution in [0.5, 0.6) is 0 Å². The summed E-state index contributed by atoms with van der Waals surface area (Å²) in [5.74, 6) is 0.601. The van der Waals surface area contributed by atoms with Gasteiger partial charge in [0.25, 0.3) is 0 Å². The summed E-state index contributed by atoms with van der Waals surface area (Å²) < 4.78 is 0. The number of aromatic nitrogens is 1. The van der Waals surface area contributed by atoms with E-state index in [0.717, 1.165) is 25.1 Å². The molecule has 3 rings (SSSR count). The third-order valence-electron chi connectivity index (χ3n) is 3.22. The largest absolute Gasteiger partial charge is 0.382 e. The van der Waals surface area contributed by atoms with Crippen molar-refractivity contribution in [2.75, 3.05) is 17.2 Å². The number of aryl methyl sites for hydroxylation is 1. The van der Waals surface area contributed by atoms with Gasteiger partial charge in [0.2, 0.25) is 0 Å². The summed E-state index contributed by atoms with van der Waals surface area (Å²) in [5, 5.41) is 0. The molecule has 0 radical (unpaired) electrons. The van der Waals surface area contributed by atoms with Crippen molar-refractivity contribution < 1.29 is 0 Å². The molecule has 1 aromatic carbocycles. The Hall–Kier alpha value is -2.03. The first kappa shape index (κ1) is 10.1. The number of para-hydroxylation sites is 1. The molecule has 0 fully saturated rings. The van der Waals surface area contributed by atoms with Gasteiger partial charge in [0.05, 0.1) is 5.69 Å². The number of benzene rings is 1. The number of pyridine rings is 1. The number of anilines is 3. The van der Waals surface area contributed by atoms with Crippen LogP contribution in [-0.2, 0) is 6.42 Å². The van der Waals surface area contributed by atoms with Gasteiger partial charge >= 0.3 is 0 Å². The molecule has 86 valence electrons. The molecule has 1 aliphatic heterocycles. The van der Waals surface area contributed by atoms with E-state index in [2.05, 4.69) is 34.1 Å². The van der Waals surface area contributed by atoms with Crippen molar-refractivity contribution in [2.24, 2.45) is 0 Å². The standard InChI is InChI=1S/C14H15N3/c15-14-13(8-3-9-16-14)17-10-4-6-11-5-1-2-7-12(11)17/h1-3,5,7-9H,4,6,10H2,(H2,15,16). The Kier molecular flexibility index (Phi) is 2.44. The molecule has 2 aromatic rings. The third kappa shape index (κ3) is 1.73. The Bertz CT molecular complexity index is 536. The Morgan fingerprint density at radius 1 is 1.06 bits per heavy atom. The van der Waals surface area contributed by atoms with Crippen molar-refractivity contribution in [2.45, 2.75) is 12.8 Å². The molecule has 2 heterocycles. The van der Waals surface area contributed by atoms with Gasteiger partial charge in [-0.1, -0.05) is 18.2 Å². The summed E-state index contributed by atoms with van der Waals surface area (Å²) in [7, 11) is 0. The fourth-order valence-electron chi connectivity index (χ4n) is 2.42. The second kappa shape index (κ2) is 4.09. The summed E-state index contributed by atoms with van der Waals surface area (Å²) in [6.07, 6.45) is 4.03. The lowest BCUT2D eigenvalue weighted by Gasteiger charge is -2.31. The minimum Gasteiger partial charge on any atom is -0.382 e. The van der Waals surface area contributed by atoms with Crippen LogP contribution in [0.25, 0.3) is 0 Å². The van der Waals surface area contributed by atoms with E-state index in [1.54, 1.807) is 6.20 Å². The van der Waals surface area contributed by atoms with E-state index in [9.17, 15) is 0 Å². The van der Waals surface area contributed by atoms with Crippen LogP contribution in [-0.4, -0.2) is 11.5 Å². The van der Waals surface area contributed by atoms with Gasteiger partial charge in [0.1, 0.15) is 5.82 Å². The van der Waals surface area contributed by atoms with E-state index in [1.807, 2.05) is 12.1 Å². The molecule has 17 heavy (non-hydrogen) atoms. The second-order valence-electron chi connectivity index (χ2n) is 4.29. The zero-order chi connectivity index (χ0) is 11.7. The van der Waals surface area contributed by atoms with Gasteiger partial charge in [-0.25, -0.2) is 4.98 Å². The normalized spacial score (nSPS) is 14.5. The molecular weight excluding hydrogens is 210 g/mol. The van der Waals surface area contributed by atoms with Crippen molar-refractivity contribution in [3.63, 3.8) is 0 Å². The molecule has 3 nitrogen and oxygen atoms in total. The molecule has 0 unspecified atom stereocenters. The van der Waals surface area contributed by atoms with E-state index in [-0.39, 0.29) is 0 Å². The fourth-order valence-corrected chi connectivity index (χ4v) is 2.42. The molecule has 0 bridgehead atoms. The second-order valence-corrected chi connectivity index (χ2v) is 4.29. The SMILES string of the molecule is Nc1ncccc1N1CCCc2ccccc21. The molecule has 0 saturated carbocycles. The zero-order valence-corrected chi connectivity index (χ0v) is 9.63. The average molecular weight is 225 g/mol. The van der Waals surface area contributed by atoms with Gasteiger partial charge in [-0.2, -0.15) is 0 Å². The Balaban J connectivity index is 2.09. The topological polar surface area (TPSA) is 42.1 Å². The van der Waals surface area contributed by atoms with Gasteiger partial charge < -0.3 is 10.6 Å². The average Bonchev–Trinajstić information content (AvgIpc) is 2.39.